The summed E-state index contributed by atoms with van der Waals surface area (Å²) in [5, 5.41) is 8.47. The van der Waals surface area contributed by atoms with Gasteiger partial charge in [-0.1, -0.05) is 25.8 Å². The van der Waals surface area contributed by atoms with E-state index in [1.54, 1.807) is 6.08 Å². The Morgan fingerprint density at radius 3 is 2.87 bits per heavy atom. The van der Waals surface area contributed by atoms with Gasteiger partial charge < -0.3 is 5.11 Å². The van der Waals surface area contributed by atoms with Gasteiger partial charge >= 0.3 is 5.97 Å². The molecular weight excluding hydrogens is 190 g/mol. The molecule has 0 bridgehead atoms. The van der Waals surface area contributed by atoms with Gasteiger partial charge in [0.1, 0.15) is 0 Å². The Morgan fingerprint density at radius 2 is 2.27 bits per heavy atom. The SMILES string of the molecule is CC1CCCC(N(C)CC=CC(=O)O)C1. The smallest absolute Gasteiger partial charge is 0.328 e. The summed E-state index contributed by atoms with van der Waals surface area (Å²) >= 11 is 0. The van der Waals surface area contributed by atoms with E-state index in [1.807, 2.05) is 0 Å². The first kappa shape index (κ1) is 12.2. The maximum atomic E-state index is 10.3. The van der Waals surface area contributed by atoms with E-state index < -0.39 is 5.97 Å². The molecule has 0 aromatic heterocycles. The summed E-state index contributed by atoms with van der Waals surface area (Å²) in [5.74, 6) is -0.0462. The standard InChI is InChI=1S/C12H21NO2/c1-10-5-3-6-11(9-10)13(2)8-4-7-12(14)15/h4,7,10-11H,3,5-6,8-9H2,1-2H3,(H,14,15). The van der Waals surface area contributed by atoms with Crippen molar-refractivity contribution >= 4 is 5.97 Å². The van der Waals surface area contributed by atoms with Crippen molar-refractivity contribution in [1.29, 1.82) is 0 Å². The van der Waals surface area contributed by atoms with Gasteiger partial charge in [-0.3, -0.25) is 4.90 Å². The van der Waals surface area contributed by atoms with Crippen molar-refractivity contribution in [2.45, 2.75) is 38.6 Å². The average molecular weight is 211 g/mol. The van der Waals surface area contributed by atoms with Crippen molar-refractivity contribution in [2.75, 3.05) is 13.6 Å². The minimum atomic E-state index is -0.861. The minimum Gasteiger partial charge on any atom is -0.478 e. The highest BCUT2D eigenvalue weighted by Gasteiger charge is 2.21. The highest BCUT2D eigenvalue weighted by molar-refractivity contribution is 5.79. The molecule has 1 aliphatic rings. The maximum Gasteiger partial charge on any atom is 0.328 e. The van der Waals surface area contributed by atoms with Crippen LogP contribution >= 0.6 is 0 Å². The van der Waals surface area contributed by atoms with Gasteiger partial charge in [0, 0.05) is 18.7 Å². The normalized spacial score (nSPS) is 27.4. The first-order valence-corrected chi connectivity index (χ1v) is 5.69. The molecule has 15 heavy (non-hydrogen) atoms. The van der Waals surface area contributed by atoms with Gasteiger partial charge in [-0.25, -0.2) is 4.79 Å². The van der Waals surface area contributed by atoms with Crippen LogP contribution in [0.5, 0.6) is 0 Å². The number of hydrogen-bond acceptors (Lipinski definition) is 2. The highest BCUT2D eigenvalue weighted by atomic mass is 16.4. The van der Waals surface area contributed by atoms with Crippen molar-refractivity contribution in [3.8, 4) is 0 Å². The molecule has 3 nitrogen and oxygen atoms in total. The fraction of sp³-hybridized carbons (Fsp3) is 0.750. The molecule has 3 heteroatoms. The average Bonchev–Trinajstić information content (AvgIpc) is 2.17. The summed E-state index contributed by atoms with van der Waals surface area (Å²) in [6.07, 6.45) is 8.09. The number of carboxylic acids is 1. The number of aliphatic carboxylic acids is 1. The molecular formula is C12H21NO2. The molecule has 0 heterocycles. The molecule has 0 spiro atoms. The third kappa shape index (κ3) is 4.47. The molecule has 0 saturated heterocycles. The summed E-state index contributed by atoms with van der Waals surface area (Å²) in [7, 11) is 2.08. The summed E-state index contributed by atoms with van der Waals surface area (Å²) < 4.78 is 0. The van der Waals surface area contributed by atoms with E-state index in [-0.39, 0.29) is 0 Å². The molecule has 0 amide bonds. The van der Waals surface area contributed by atoms with Crippen LogP contribution in [0.3, 0.4) is 0 Å². The quantitative estimate of drug-likeness (QED) is 0.724. The fourth-order valence-electron chi connectivity index (χ4n) is 2.27. The number of nitrogens with zero attached hydrogens (tertiary/aromatic N) is 1. The van der Waals surface area contributed by atoms with Gasteiger partial charge in [-0.2, -0.15) is 0 Å². The molecule has 0 aromatic carbocycles. The summed E-state index contributed by atoms with van der Waals surface area (Å²) in [4.78, 5) is 12.6. The molecule has 0 radical (unpaired) electrons. The van der Waals surface area contributed by atoms with Crippen LogP contribution in [0.1, 0.15) is 32.6 Å². The Kier molecular flexibility index (Phi) is 4.82. The van der Waals surface area contributed by atoms with E-state index in [1.165, 1.54) is 31.8 Å². The Bertz CT molecular complexity index is 238. The van der Waals surface area contributed by atoms with Crippen LogP contribution < -0.4 is 0 Å². The predicted octanol–water partition coefficient (Wildman–Crippen LogP) is 2.14. The first-order valence-electron chi connectivity index (χ1n) is 5.69. The van der Waals surface area contributed by atoms with Crippen LogP contribution in [0.4, 0.5) is 0 Å². The van der Waals surface area contributed by atoms with E-state index >= 15 is 0 Å². The van der Waals surface area contributed by atoms with E-state index in [0.29, 0.717) is 6.04 Å². The van der Waals surface area contributed by atoms with E-state index in [0.717, 1.165) is 12.5 Å². The second-order valence-corrected chi connectivity index (χ2v) is 4.61. The number of carboxylic acid groups (broad SMARTS) is 1. The van der Waals surface area contributed by atoms with Crippen molar-refractivity contribution in [1.82, 2.24) is 4.90 Å². The van der Waals surface area contributed by atoms with Crippen LogP contribution in [0, 0.1) is 5.92 Å². The zero-order valence-corrected chi connectivity index (χ0v) is 9.65. The third-order valence-electron chi connectivity index (χ3n) is 3.19. The summed E-state index contributed by atoms with van der Waals surface area (Å²) in [6.45, 7) is 3.04. The van der Waals surface area contributed by atoms with Crippen molar-refractivity contribution in [3.05, 3.63) is 12.2 Å². The molecule has 2 unspecified atom stereocenters. The van der Waals surface area contributed by atoms with Gasteiger partial charge in [-0.15, -0.1) is 0 Å². The number of rotatable bonds is 4. The molecule has 1 saturated carbocycles. The van der Waals surface area contributed by atoms with E-state index in [2.05, 4.69) is 18.9 Å². The fourth-order valence-corrected chi connectivity index (χ4v) is 2.27. The molecule has 0 aromatic rings. The van der Waals surface area contributed by atoms with Crippen LogP contribution in [0.15, 0.2) is 12.2 Å². The van der Waals surface area contributed by atoms with Crippen LogP contribution in [0.2, 0.25) is 0 Å². The zero-order valence-electron chi connectivity index (χ0n) is 9.65. The molecule has 2 atom stereocenters. The van der Waals surface area contributed by atoms with E-state index in [9.17, 15) is 4.79 Å². The lowest BCUT2D eigenvalue weighted by Gasteiger charge is -2.33. The van der Waals surface area contributed by atoms with E-state index in [4.69, 9.17) is 5.11 Å². The highest BCUT2D eigenvalue weighted by Crippen LogP contribution is 2.26. The van der Waals surface area contributed by atoms with Gasteiger partial charge in [0.2, 0.25) is 0 Å². The predicted molar refractivity (Wildman–Crippen MR) is 60.8 cm³/mol. The Hall–Kier alpha value is -0.830. The molecule has 1 rings (SSSR count). The second-order valence-electron chi connectivity index (χ2n) is 4.61. The van der Waals surface area contributed by atoms with Gasteiger partial charge in [0.05, 0.1) is 0 Å². The number of likely N-dealkylation sites (N-methyl/N-ethyl adjacent to an activating group) is 1. The van der Waals surface area contributed by atoms with Crippen molar-refractivity contribution in [3.63, 3.8) is 0 Å². The molecule has 1 fully saturated rings. The Morgan fingerprint density at radius 1 is 1.53 bits per heavy atom. The van der Waals surface area contributed by atoms with Crippen LogP contribution in [-0.2, 0) is 4.79 Å². The summed E-state index contributed by atoms with van der Waals surface area (Å²) in [5.41, 5.74) is 0. The monoisotopic (exact) mass is 211 g/mol. The molecule has 1 aliphatic carbocycles. The lowest BCUT2D eigenvalue weighted by atomic mass is 9.86. The first-order chi connectivity index (χ1) is 7.09. The largest absolute Gasteiger partial charge is 0.478 e. The molecule has 0 aliphatic heterocycles. The minimum absolute atomic E-state index is 0.632. The lowest BCUT2D eigenvalue weighted by Crippen LogP contribution is -2.35. The van der Waals surface area contributed by atoms with Gasteiger partial charge in [0.25, 0.3) is 0 Å². The number of carbonyl (C=O) groups is 1. The van der Waals surface area contributed by atoms with Crippen molar-refractivity contribution in [2.24, 2.45) is 5.92 Å². The van der Waals surface area contributed by atoms with Crippen LogP contribution in [0.25, 0.3) is 0 Å². The Labute approximate surface area is 91.8 Å². The van der Waals surface area contributed by atoms with Crippen LogP contribution in [-0.4, -0.2) is 35.6 Å². The summed E-state index contributed by atoms with van der Waals surface area (Å²) in [6, 6.07) is 0.632. The number of hydrogen-bond donors (Lipinski definition) is 1. The molecule has 86 valence electrons. The second kappa shape index (κ2) is 5.91. The van der Waals surface area contributed by atoms with Gasteiger partial charge in [-0.05, 0) is 25.8 Å². The van der Waals surface area contributed by atoms with Gasteiger partial charge in [0.15, 0.2) is 0 Å². The maximum absolute atomic E-state index is 10.3. The molecule has 1 N–H and O–H groups in total. The third-order valence-corrected chi connectivity index (χ3v) is 3.19. The lowest BCUT2D eigenvalue weighted by molar-refractivity contribution is -0.131. The van der Waals surface area contributed by atoms with Crippen molar-refractivity contribution < 1.29 is 9.90 Å². The topological polar surface area (TPSA) is 40.5 Å². The Balaban J connectivity index is 2.32. The zero-order chi connectivity index (χ0) is 11.3.